The molecule has 3 rings (SSSR count). The average molecular weight is 429 g/mol. The monoisotopic (exact) mass is 428 g/mol. The molecule has 0 radical (unpaired) electrons. The highest BCUT2D eigenvalue weighted by Crippen LogP contribution is 2.26. The summed E-state index contributed by atoms with van der Waals surface area (Å²) in [5.41, 5.74) is 1.16. The molecule has 3 unspecified atom stereocenters. The third-order valence-corrected chi connectivity index (χ3v) is 5.61. The molecule has 168 valence electrons. The molecule has 8 nitrogen and oxygen atoms in total. The van der Waals surface area contributed by atoms with Crippen LogP contribution in [0.4, 0.5) is 0 Å². The van der Waals surface area contributed by atoms with Gasteiger partial charge in [0.05, 0.1) is 7.11 Å². The molecule has 0 saturated carbocycles. The number of carbonyl (C=O) groups excluding carboxylic acids is 3. The number of carbonyl (C=O) groups is 3. The Bertz CT molecular complexity index is 952. The lowest BCUT2D eigenvalue weighted by Crippen LogP contribution is -2.50. The van der Waals surface area contributed by atoms with Crippen molar-refractivity contribution in [2.75, 3.05) is 13.7 Å². The average Bonchev–Trinajstić information content (AvgIpc) is 3.33. The molecule has 3 atom stereocenters. The number of rotatable bonds is 9. The van der Waals surface area contributed by atoms with Crippen LogP contribution >= 0.6 is 0 Å². The Labute approximate surface area is 182 Å². The van der Waals surface area contributed by atoms with E-state index in [1.165, 1.54) is 0 Å². The highest BCUT2D eigenvalue weighted by atomic mass is 16.5. The molecule has 2 heterocycles. The third-order valence-electron chi connectivity index (χ3n) is 5.61. The lowest BCUT2D eigenvalue weighted by atomic mass is 9.98. The van der Waals surface area contributed by atoms with Crippen LogP contribution in [0.3, 0.4) is 0 Å². The number of amides is 3. The zero-order valence-corrected chi connectivity index (χ0v) is 18.6. The van der Waals surface area contributed by atoms with Gasteiger partial charge in [-0.25, -0.2) is 0 Å². The molecule has 1 saturated heterocycles. The Balaban J connectivity index is 1.68. The van der Waals surface area contributed by atoms with E-state index in [4.69, 9.17) is 4.74 Å². The fraction of sp³-hybridized carbons (Fsp3) is 0.522. The van der Waals surface area contributed by atoms with E-state index in [0.29, 0.717) is 30.8 Å². The summed E-state index contributed by atoms with van der Waals surface area (Å²) in [6.45, 7) is 6.59. The molecular formula is C23H32N4O4. The summed E-state index contributed by atoms with van der Waals surface area (Å²) in [6, 6.07) is 6.45. The third kappa shape index (κ3) is 5.57. The Hall–Kier alpha value is -3.03. The molecule has 1 aromatic heterocycles. The number of hydrogen-bond acceptors (Lipinski definition) is 4. The number of aromatic amines is 1. The molecule has 1 aliphatic rings. The van der Waals surface area contributed by atoms with Crippen LogP contribution < -0.4 is 20.7 Å². The summed E-state index contributed by atoms with van der Waals surface area (Å²) in [5, 5.41) is 9.47. The first-order chi connectivity index (χ1) is 14.8. The first kappa shape index (κ1) is 22.7. The molecule has 0 aliphatic carbocycles. The van der Waals surface area contributed by atoms with E-state index in [1.807, 2.05) is 39.0 Å². The Kier molecular flexibility index (Phi) is 7.20. The van der Waals surface area contributed by atoms with E-state index in [-0.39, 0.29) is 35.6 Å². The van der Waals surface area contributed by atoms with Gasteiger partial charge in [-0.05, 0) is 50.3 Å². The number of nitrogens with one attached hydrogen (secondary N) is 4. The lowest BCUT2D eigenvalue weighted by molar-refractivity contribution is -0.125. The molecule has 1 fully saturated rings. The normalized spacial score (nSPS) is 18.0. The predicted molar refractivity (Wildman–Crippen MR) is 119 cm³/mol. The zero-order valence-electron chi connectivity index (χ0n) is 18.6. The lowest BCUT2D eigenvalue weighted by Gasteiger charge is -2.23. The number of benzene rings is 1. The van der Waals surface area contributed by atoms with Crippen molar-refractivity contribution in [2.24, 2.45) is 11.8 Å². The Morgan fingerprint density at radius 3 is 2.65 bits per heavy atom. The van der Waals surface area contributed by atoms with E-state index in [2.05, 4.69) is 20.9 Å². The molecule has 8 heteroatoms. The van der Waals surface area contributed by atoms with E-state index >= 15 is 0 Å². The Morgan fingerprint density at radius 2 is 2.00 bits per heavy atom. The second-order valence-corrected chi connectivity index (χ2v) is 8.68. The molecule has 0 bridgehead atoms. The van der Waals surface area contributed by atoms with E-state index < -0.39 is 6.04 Å². The first-order valence-corrected chi connectivity index (χ1v) is 10.8. The molecule has 0 spiro atoms. The van der Waals surface area contributed by atoms with Crippen LogP contribution in [0.15, 0.2) is 24.3 Å². The summed E-state index contributed by atoms with van der Waals surface area (Å²) < 4.78 is 5.35. The second kappa shape index (κ2) is 9.85. The van der Waals surface area contributed by atoms with Crippen molar-refractivity contribution >= 4 is 28.6 Å². The van der Waals surface area contributed by atoms with Gasteiger partial charge in [0.25, 0.3) is 5.91 Å². The maximum Gasteiger partial charge on any atom is 0.268 e. The van der Waals surface area contributed by atoms with Gasteiger partial charge in [0.2, 0.25) is 11.8 Å². The van der Waals surface area contributed by atoms with Crippen LogP contribution in [0.25, 0.3) is 10.9 Å². The van der Waals surface area contributed by atoms with Crippen LogP contribution in [0.5, 0.6) is 5.75 Å². The maximum absolute atomic E-state index is 12.9. The van der Waals surface area contributed by atoms with Gasteiger partial charge in [-0.1, -0.05) is 19.9 Å². The number of H-pyrrole nitrogens is 1. The minimum absolute atomic E-state index is 0.0439. The number of methoxy groups -OCH3 is 1. The van der Waals surface area contributed by atoms with Gasteiger partial charge in [0, 0.05) is 29.4 Å². The highest BCUT2D eigenvalue weighted by molar-refractivity contribution is 6.01. The first-order valence-electron chi connectivity index (χ1n) is 10.8. The molecule has 2 aromatic rings. The van der Waals surface area contributed by atoms with Crippen molar-refractivity contribution in [3.8, 4) is 5.75 Å². The van der Waals surface area contributed by atoms with Gasteiger partial charge in [0.15, 0.2) is 0 Å². The van der Waals surface area contributed by atoms with Crippen molar-refractivity contribution in [1.29, 1.82) is 0 Å². The fourth-order valence-corrected chi connectivity index (χ4v) is 4.07. The van der Waals surface area contributed by atoms with Gasteiger partial charge < -0.3 is 25.7 Å². The SMILES string of the molecule is COc1cccc2[nH]c(C(=O)NC(CC(C)C)C(=O)NC(C)CC3CCNC3=O)cc12. The minimum Gasteiger partial charge on any atom is -0.496 e. The maximum atomic E-state index is 12.9. The molecule has 31 heavy (non-hydrogen) atoms. The van der Waals surface area contributed by atoms with Gasteiger partial charge in [0.1, 0.15) is 17.5 Å². The molecule has 1 aliphatic heterocycles. The number of hydrogen-bond donors (Lipinski definition) is 4. The van der Waals surface area contributed by atoms with E-state index in [9.17, 15) is 14.4 Å². The number of ether oxygens (including phenoxy) is 1. The van der Waals surface area contributed by atoms with Crippen LogP contribution in [0.1, 0.15) is 50.5 Å². The Morgan fingerprint density at radius 1 is 1.23 bits per heavy atom. The van der Waals surface area contributed by atoms with Crippen LogP contribution in [-0.4, -0.2) is 48.4 Å². The standard InChI is InChI=1S/C23H32N4O4/c1-13(2)10-18(22(29)25-14(3)11-15-8-9-24-21(15)28)27-23(30)19-12-16-17(26-19)6-5-7-20(16)31-4/h5-7,12-15,18,26H,8-11H2,1-4H3,(H,24,28)(H,25,29)(H,27,30). The van der Waals surface area contributed by atoms with E-state index in [0.717, 1.165) is 17.3 Å². The highest BCUT2D eigenvalue weighted by Gasteiger charge is 2.28. The molecule has 4 N–H and O–H groups in total. The molecular weight excluding hydrogens is 396 g/mol. The van der Waals surface area contributed by atoms with Crippen LogP contribution in [-0.2, 0) is 9.59 Å². The minimum atomic E-state index is -0.666. The largest absolute Gasteiger partial charge is 0.496 e. The summed E-state index contributed by atoms with van der Waals surface area (Å²) in [4.78, 5) is 40.7. The van der Waals surface area contributed by atoms with Crippen LogP contribution in [0.2, 0.25) is 0 Å². The summed E-state index contributed by atoms with van der Waals surface area (Å²) in [6.07, 6.45) is 1.88. The van der Waals surface area contributed by atoms with Crippen molar-refractivity contribution in [3.05, 3.63) is 30.0 Å². The van der Waals surface area contributed by atoms with E-state index in [1.54, 1.807) is 13.2 Å². The fourth-order valence-electron chi connectivity index (χ4n) is 4.07. The predicted octanol–water partition coefficient (Wildman–Crippen LogP) is 2.35. The smallest absolute Gasteiger partial charge is 0.268 e. The van der Waals surface area contributed by atoms with Gasteiger partial charge >= 0.3 is 0 Å². The van der Waals surface area contributed by atoms with Crippen molar-refractivity contribution < 1.29 is 19.1 Å². The van der Waals surface area contributed by atoms with Gasteiger partial charge in [-0.2, -0.15) is 0 Å². The summed E-state index contributed by atoms with van der Waals surface area (Å²) >= 11 is 0. The van der Waals surface area contributed by atoms with Crippen molar-refractivity contribution in [3.63, 3.8) is 0 Å². The zero-order chi connectivity index (χ0) is 22.5. The van der Waals surface area contributed by atoms with Crippen molar-refractivity contribution in [1.82, 2.24) is 20.9 Å². The van der Waals surface area contributed by atoms with Gasteiger partial charge in [-0.3, -0.25) is 14.4 Å². The summed E-state index contributed by atoms with van der Waals surface area (Å²) in [5.74, 6) is 0.282. The van der Waals surface area contributed by atoms with Gasteiger partial charge in [-0.15, -0.1) is 0 Å². The van der Waals surface area contributed by atoms with Crippen LogP contribution in [0, 0.1) is 11.8 Å². The summed E-state index contributed by atoms with van der Waals surface area (Å²) in [7, 11) is 1.58. The van der Waals surface area contributed by atoms with Crippen molar-refractivity contribution in [2.45, 2.75) is 52.1 Å². The molecule has 3 amide bonds. The quantitative estimate of drug-likeness (QED) is 0.491. The topological polar surface area (TPSA) is 112 Å². The molecule has 1 aromatic carbocycles. The number of fused-ring (bicyclic) bond motifs is 1. The number of aromatic nitrogens is 1. The second-order valence-electron chi connectivity index (χ2n) is 8.68.